The average Bonchev–Trinajstić information content (AvgIpc) is 2.51. The predicted octanol–water partition coefficient (Wildman–Crippen LogP) is 0.289. The molecule has 0 aliphatic carbocycles. The number of carbonyl (C=O) groups is 1. The molecule has 0 N–H and O–H groups in total. The molecule has 1 aliphatic heterocycles. The summed E-state index contributed by atoms with van der Waals surface area (Å²) < 4.78 is 59.7. The number of rotatable bonds is 6. The zero-order chi connectivity index (χ0) is 18.1. The van der Waals surface area contributed by atoms with Crippen molar-refractivity contribution in [2.75, 3.05) is 33.1 Å². The van der Waals surface area contributed by atoms with Crippen molar-refractivity contribution < 1.29 is 31.1 Å². The van der Waals surface area contributed by atoms with Crippen LogP contribution in [-0.2, 0) is 24.6 Å². The van der Waals surface area contributed by atoms with Crippen LogP contribution in [-0.4, -0.2) is 65.4 Å². The molecule has 10 heteroatoms. The molecule has 8 nitrogen and oxygen atoms in total. The van der Waals surface area contributed by atoms with Gasteiger partial charge in [-0.15, -0.1) is 0 Å². The second kappa shape index (κ2) is 6.69. The Morgan fingerprint density at radius 1 is 1.21 bits per heavy atom. The smallest absolute Gasteiger partial charge is 0.337 e. The van der Waals surface area contributed by atoms with Gasteiger partial charge in [0, 0.05) is 18.8 Å². The summed E-state index contributed by atoms with van der Waals surface area (Å²) in [6, 6.07) is 3.92. The van der Waals surface area contributed by atoms with E-state index in [1.807, 2.05) is 0 Å². The van der Waals surface area contributed by atoms with Crippen molar-refractivity contribution in [3.8, 4) is 5.75 Å². The highest BCUT2D eigenvalue weighted by molar-refractivity contribution is 7.92. The molecule has 0 radical (unpaired) electrons. The van der Waals surface area contributed by atoms with Crippen molar-refractivity contribution >= 4 is 25.8 Å². The van der Waals surface area contributed by atoms with E-state index in [-0.39, 0.29) is 35.1 Å². The molecule has 1 fully saturated rings. The summed E-state index contributed by atoms with van der Waals surface area (Å²) in [6.45, 7) is 1.31. The molecule has 1 aromatic rings. The van der Waals surface area contributed by atoms with Gasteiger partial charge in [0.25, 0.3) is 0 Å². The summed E-state index contributed by atoms with van der Waals surface area (Å²) >= 11 is 0. The van der Waals surface area contributed by atoms with Gasteiger partial charge in [-0.05, 0) is 18.2 Å². The lowest BCUT2D eigenvalue weighted by atomic mass is 10.2. The lowest BCUT2D eigenvalue weighted by Crippen LogP contribution is -2.57. The molecule has 0 bridgehead atoms. The van der Waals surface area contributed by atoms with Gasteiger partial charge in [0.2, 0.25) is 10.0 Å². The van der Waals surface area contributed by atoms with Gasteiger partial charge in [0.15, 0.2) is 9.84 Å². The van der Waals surface area contributed by atoms with Crippen LogP contribution in [0.25, 0.3) is 0 Å². The Hall–Kier alpha value is -1.65. The standard InChI is InChI=1S/C14H19NO7S2/c1-4-23(17,18)11-8-15(9-11)24(19,20)13-7-10(14(16)22-3)5-6-12(13)21-2/h5-7,11H,4,8-9H2,1-3H3. The average molecular weight is 377 g/mol. The zero-order valence-corrected chi connectivity index (χ0v) is 15.2. The summed E-state index contributed by atoms with van der Waals surface area (Å²) in [6.07, 6.45) is 0. The maximum atomic E-state index is 12.7. The Morgan fingerprint density at radius 3 is 2.33 bits per heavy atom. The summed E-state index contributed by atoms with van der Waals surface area (Å²) in [4.78, 5) is 11.4. The molecule has 24 heavy (non-hydrogen) atoms. The largest absolute Gasteiger partial charge is 0.495 e. The van der Waals surface area contributed by atoms with Gasteiger partial charge in [0.1, 0.15) is 10.6 Å². The minimum Gasteiger partial charge on any atom is -0.495 e. The van der Waals surface area contributed by atoms with Crippen molar-refractivity contribution in [2.45, 2.75) is 17.1 Å². The Morgan fingerprint density at radius 2 is 1.83 bits per heavy atom. The predicted molar refractivity (Wildman–Crippen MR) is 86.3 cm³/mol. The minimum atomic E-state index is -3.97. The summed E-state index contributed by atoms with van der Waals surface area (Å²) in [5.74, 6) is -0.638. The van der Waals surface area contributed by atoms with Crippen molar-refractivity contribution in [1.29, 1.82) is 0 Å². The van der Waals surface area contributed by atoms with Gasteiger partial charge < -0.3 is 9.47 Å². The van der Waals surface area contributed by atoms with E-state index >= 15 is 0 Å². The Bertz CT molecular complexity index is 840. The van der Waals surface area contributed by atoms with Crippen molar-refractivity contribution in [3.63, 3.8) is 0 Å². The first kappa shape index (κ1) is 18.7. The second-order valence-electron chi connectivity index (χ2n) is 5.25. The van der Waals surface area contributed by atoms with Gasteiger partial charge in [-0.2, -0.15) is 4.31 Å². The highest BCUT2D eigenvalue weighted by Crippen LogP contribution is 2.32. The number of methoxy groups -OCH3 is 2. The number of hydrogen-bond donors (Lipinski definition) is 0. The van der Waals surface area contributed by atoms with Crippen LogP contribution in [0.2, 0.25) is 0 Å². The van der Waals surface area contributed by atoms with Crippen molar-refractivity contribution in [3.05, 3.63) is 23.8 Å². The topological polar surface area (TPSA) is 107 Å². The van der Waals surface area contributed by atoms with Crippen LogP contribution in [0.5, 0.6) is 5.75 Å². The highest BCUT2D eigenvalue weighted by Gasteiger charge is 2.43. The summed E-state index contributed by atoms with van der Waals surface area (Å²) in [5, 5.41) is -0.702. The van der Waals surface area contributed by atoms with E-state index in [2.05, 4.69) is 4.74 Å². The second-order valence-corrected chi connectivity index (χ2v) is 9.73. The number of ether oxygens (including phenoxy) is 2. The van der Waals surface area contributed by atoms with Crippen molar-refractivity contribution in [1.82, 2.24) is 4.31 Å². The Kier molecular flexibility index (Phi) is 5.21. The van der Waals surface area contributed by atoms with Crippen LogP contribution in [0.1, 0.15) is 17.3 Å². The van der Waals surface area contributed by atoms with Gasteiger partial charge in [-0.25, -0.2) is 21.6 Å². The Balaban J connectivity index is 2.35. The number of nitrogens with zero attached hydrogens (tertiary/aromatic N) is 1. The maximum absolute atomic E-state index is 12.7. The van der Waals surface area contributed by atoms with E-state index in [1.165, 1.54) is 39.3 Å². The van der Waals surface area contributed by atoms with E-state index in [0.717, 1.165) is 4.31 Å². The molecule has 0 saturated carbocycles. The normalized spacial score (nSPS) is 16.5. The molecule has 1 aromatic carbocycles. The number of sulfonamides is 1. The number of benzene rings is 1. The van der Waals surface area contributed by atoms with Crippen molar-refractivity contribution in [2.24, 2.45) is 0 Å². The van der Waals surface area contributed by atoms with Gasteiger partial charge >= 0.3 is 5.97 Å². The Labute approximate surface area is 141 Å². The molecule has 0 unspecified atom stereocenters. The van der Waals surface area contributed by atoms with E-state index in [9.17, 15) is 21.6 Å². The van der Waals surface area contributed by atoms with Crippen LogP contribution >= 0.6 is 0 Å². The van der Waals surface area contributed by atoms with Crippen LogP contribution in [0.4, 0.5) is 0 Å². The number of sulfone groups is 1. The van der Waals surface area contributed by atoms with E-state index in [4.69, 9.17) is 4.74 Å². The first-order valence-corrected chi connectivity index (χ1v) is 10.3. The van der Waals surface area contributed by atoms with Crippen LogP contribution in [0, 0.1) is 0 Å². The molecule has 2 rings (SSSR count). The van der Waals surface area contributed by atoms with Gasteiger partial charge in [-0.3, -0.25) is 0 Å². The first-order valence-electron chi connectivity index (χ1n) is 7.15. The maximum Gasteiger partial charge on any atom is 0.337 e. The highest BCUT2D eigenvalue weighted by atomic mass is 32.2. The number of hydrogen-bond acceptors (Lipinski definition) is 7. The molecular weight excluding hydrogens is 358 g/mol. The lowest BCUT2D eigenvalue weighted by molar-refractivity contribution is 0.0600. The van der Waals surface area contributed by atoms with E-state index in [1.54, 1.807) is 0 Å². The molecule has 134 valence electrons. The molecule has 0 aromatic heterocycles. The lowest BCUT2D eigenvalue weighted by Gasteiger charge is -2.37. The van der Waals surface area contributed by atoms with Crippen LogP contribution < -0.4 is 4.74 Å². The van der Waals surface area contributed by atoms with E-state index in [0.29, 0.717) is 0 Å². The van der Waals surface area contributed by atoms with Crippen LogP contribution in [0.15, 0.2) is 23.1 Å². The van der Waals surface area contributed by atoms with Gasteiger partial charge in [0.05, 0.1) is 25.0 Å². The summed E-state index contributed by atoms with van der Waals surface area (Å²) in [5.41, 5.74) is 0.0649. The number of carbonyl (C=O) groups excluding carboxylic acids is 1. The fraction of sp³-hybridized carbons (Fsp3) is 0.500. The molecular formula is C14H19NO7S2. The summed E-state index contributed by atoms with van der Waals surface area (Å²) in [7, 11) is -4.76. The molecule has 0 amide bonds. The molecule has 1 saturated heterocycles. The molecule has 0 atom stereocenters. The minimum absolute atomic E-state index is 0.0350. The third kappa shape index (κ3) is 3.26. The monoisotopic (exact) mass is 377 g/mol. The molecule has 0 spiro atoms. The fourth-order valence-electron chi connectivity index (χ4n) is 2.32. The number of esters is 1. The first-order chi connectivity index (χ1) is 11.2. The zero-order valence-electron chi connectivity index (χ0n) is 13.6. The van der Waals surface area contributed by atoms with Gasteiger partial charge in [-0.1, -0.05) is 6.92 Å². The molecule has 1 aliphatic rings. The third-order valence-corrected chi connectivity index (χ3v) is 7.90. The third-order valence-electron chi connectivity index (χ3n) is 3.93. The van der Waals surface area contributed by atoms with E-state index < -0.39 is 31.1 Å². The quantitative estimate of drug-likeness (QED) is 0.656. The molecule has 1 heterocycles. The fourth-order valence-corrected chi connectivity index (χ4v) is 5.51. The van der Waals surface area contributed by atoms with Crippen LogP contribution in [0.3, 0.4) is 0 Å². The SMILES string of the molecule is CCS(=O)(=O)C1CN(S(=O)(=O)c2cc(C(=O)OC)ccc2OC)C1.